The van der Waals surface area contributed by atoms with Crippen molar-refractivity contribution in [1.29, 1.82) is 5.26 Å². The second-order valence-electron chi connectivity index (χ2n) is 6.66. The second-order valence-corrected chi connectivity index (χ2v) is 6.66. The minimum absolute atomic E-state index is 0.0150. The Balaban J connectivity index is 1.83. The first-order valence-corrected chi connectivity index (χ1v) is 8.84. The van der Waals surface area contributed by atoms with Crippen LogP contribution in [-0.2, 0) is 4.79 Å². The van der Waals surface area contributed by atoms with Gasteiger partial charge in [-0.25, -0.2) is 4.79 Å². The quantitative estimate of drug-likeness (QED) is 0.618. The Morgan fingerprint density at radius 1 is 1.26 bits per heavy atom. The number of nitrogens with one attached hydrogen (secondary N) is 1. The van der Waals surface area contributed by atoms with Crippen molar-refractivity contribution >= 4 is 18.0 Å². The highest BCUT2D eigenvalue weighted by Gasteiger charge is 2.19. The normalized spacial score (nSPS) is 14.7. The zero-order chi connectivity index (χ0) is 19.4. The van der Waals surface area contributed by atoms with E-state index in [0.29, 0.717) is 17.1 Å². The smallest absolute Gasteiger partial charge is 0.335 e. The third-order valence-electron chi connectivity index (χ3n) is 4.72. The predicted octanol–water partition coefficient (Wildman–Crippen LogP) is 3.92. The molecule has 0 saturated heterocycles. The van der Waals surface area contributed by atoms with E-state index < -0.39 is 11.9 Å². The van der Waals surface area contributed by atoms with Crippen molar-refractivity contribution in [3.05, 3.63) is 52.8 Å². The van der Waals surface area contributed by atoms with Crippen LogP contribution >= 0.6 is 0 Å². The van der Waals surface area contributed by atoms with Crippen molar-refractivity contribution in [3.63, 3.8) is 0 Å². The summed E-state index contributed by atoms with van der Waals surface area (Å²) in [6.45, 7) is 1.86. The van der Waals surface area contributed by atoms with E-state index in [-0.39, 0.29) is 17.2 Å². The fraction of sp³-hybridized carbons (Fsp3) is 0.286. The van der Waals surface area contributed by atoms with Gasteiger partial charge in [-0.05, 0) is 49.6 Å². The number of rotatable bonds is 5. The first kappa shape index (κ1) is 18.5. The number of hydrogen-bond acceptors (Lipinski definition) is 4. The van der Waals surface area contributed by atoms with Gasteiger partial charge in [0.15, 0.2) is 0 Å². The van der Waals surface area contributed by atoms with Gasteiger partial charge in [0.1, 0.15) is 23.2 Å². The number of nitriles is 1. The molecule has 6 heteroatoms. The zero-order valence-electron chi connectivity index (χ0n) is 15.0. The zero-order valence-corrected chi connectivity index (χ0v) is 15.0. The maximum Gasteiger partial charge on any atom is 0.335 e. The summed E-state index contributed by atoms with van der Waals surface area (Å²) in [5.41, 5.74) is 1.67. The molecule has 1 aliphatic carbocycles. The number of aryl methyl sites for hydroxylation is 1. The van der Waals surface area contributed by atoms with E-state index in [2.05, 4.69) is 5.32 Å². The Morgan fingerprint density at radius 3 is 2.67 bits per heavy atom. The fourth-order valence-corrected chi connectivity index (χ4v) is 3.22. The van der Waals surface area contributed by atoms with Crippen LogP contribution in [0.1, 0.15) is 47.4 Å². The molecule has 2 aromatic rings. The van der Waals surface area contributed by atoms with Gasteiger partial charge in [-0.2, -0.15) is 5.26 Å². The van der Waals surface area contributed by atoms with Crippen molar-refractivity contribution in [1.82, 2.24) is 5.32 Å². The summed E-state index contributed by atoms with van der Waals surface area (Å²) in [4.78, 5) is 23.5. The van der Waals surface area contributed by atoms with Crippen molar-refractivity contribution in [2.24, 2.45) is 0 Å². The molecule has 1 aromatic heterocycles. The van der Waals surface area contributed by atoms with Crippen LogP contribution in [0.25, 0.3) is 17.4 Å². The summed E-state index contributed by atoms with van der Waals surface area (Å²) in [5, 5.41) is 21.4. The molecule has 1 aliphatic rings. The van der Waals surface area contributed by atoms with Gasteiger partial charge in [-0.3, -0.25) is 4.79 Å². The highest BCUT2D eigenvalue weighted by molar-refractivity contribution is 6.01. The lowest BCUT2D eigenvalue weighted by molar-refractivity contribution is -0.117. The summed E-state index contributed by atoms with van der Waals surface area (Å²) in [6.07, 6.45) is 5.47. The first-order chi connectivity index (χ1) is 13.0. The van der Waals surface area contributed by atoms with Gasteiger partial charge in [0.05, 0.1) is 5.56 Å². The lowest BCUT2D eigenvalue weighted by Gasteiger charge is -2.10. The molecule has 1 aromatic carbocycles. The number of hydrogen-bond donors (Lipinski definition) is 2. The lowest BCUT2D eigenvalue weighted by atomic mass is 10.0. The first-order valence-electron chi connectivity index (χ1n) is 8.84. The number of carboxylic acids is 1. The number of aromatic carboxylic acids is 1. The molecule has 27 heavy (non-hydrogen) atoms. The van der Waals surface area contributed by atoms with E-state index in [4.69, 9.17) is 9.52 Å². The number of carbonyl (C=O) groups is 2. The van der Waals surface area contributed by atoms with Crippen molar-refractivity contribution in [3.8, 4) is 17.4 Å². The van der Waals surface area contributed by atoms with Crippen LogP contribution in [0.5, 0.6) is 0 Å². The van der Waals surface area contributed by atoms with Gasteiger partial charge in [0.2, 0.25) is 0 Å². The Morgan fingerprint density at radius 2 is 2.00 bits per heavy atom. The van der Waals surface area contributed by atoms with Gasteiger partial charge in [0, 0.05) is 17.7 Å². The Kier molecular flexibility index (Phi) is 5.41. The minimum Gasteiger partial charge on any atom is -0.478 e. The maximum atomic E-state index is 12.3. The number of carboxylic acid groups (broad SMARTS) is 1. The third-order valence-corrected chi connectivity index (χ3v) is 4.72. The fourth-order valence-electron chi connectivity index (χ4n) is 3.22. The van der Waals surface area contributed by atoms with E-state index in [1.54, 1.807) is 24.3 Å². The van der Waals surface area contributed by atoms with E-state index >= 15 is 0 Å². The molecular formula is C21H20N2O4. The van der Waals surface area contributed by atoms with E-state index in [0.717, 1.165) is 31.2 Å². The molecule has 0 bridgehead atoms. The van der Waals surface area contributed by atoms with Gasteiger partial charge in [-0.15, -0.1) is 0 Å². The number of carbonyl (C=O) groups excluding carboxylic acids is 1. The highest BCUT2D eigenvalue weighted by atomic mass is 16.4. The molecule has 2 N–H and O–H groups in total. The molecular weight excluding hydrogens is 344 g/mol. The molecule has 138 valence electrons. The molecule has 1 saturated carbocycles. The number of amides is 1. The van der Waals surface area contributed by atoms with Crippen LogP contribution < -0.4 is 5.32 Å². The van der Waals surface area contributed by atoms with Crippen LogP contribution in [0.3, 0.4) is 0 Å². The molecule has 6 nitrogen and oxygen atoms in total. The SMILES string of the molecule is Cc1ccc(C(=O)O)cc1-c1ccc(/C=C(/C#N)C(=O)NC2CCCC2)o1. The minimum atomic E-state index is -1.02. The standard InChI is InChI=1S/C21H20N2O4/c1-13-6-7-14(21(25)26)11-18(13)19-9-8-17(27-19)10-15(12-22)20(24)23-16-4-2-3-5-16/h6-11,16H,2-5H2,1H3,(H,23,24)(H,25,26)/b15-10-. The Hall–Kier alpha value is -3.33. The van der Waals surface area contributed by atoms with Gasteiger partial charge >= 0.3 is 5.97 Å². The molecule has 0 atom stereocenters. The molecule has 0 radical (unpaired) electrons. The van der Waals surface area contributed by atoms with Crippen LogP contribution in [0.15, 0.2) is 40.3 Å². The molecule has 3 rings (SSSR count). The van der Waals surface area contributed by atoms with E-state index in [1.807, 2.05) is 13.0 Å². The summed E-state index contributed by atoms with van der Waals surface area (Å²) < 4.78 is 5.74. The predicted molar refractivity (Wildman–Crippen MR) is 99.8 cm³/mol. The average Bonchev–Trinajstić information content (AvgIpc) is 3.31. The van der Waals surface area contributed by atoms with Gasteiger partial charge < -0.3 is 14.8 Å². The Labute approximate surface area is 157 Å². The summed E-state index contributed by atoms with van der Waals surface area (Å²) in [6, 6.07) is 10.2. The van der Waals surface area contributed by atoms with Crippen LogP contribution in [-0.4, -0.2) is 23.0 Å². The van der Waals surface area contributed by atoms with E-state index in [9.17, 15) is 14.9 Å². The molecule has 1 fully saturated rings. The molecule has 0 spiro atoms. The highest BCUT2D eigenvalue weighted by Crippen LogP contribution is 2.27. The third kappa shape index (κ3) is 4.26. The monoisotopic (exact) mass is 364 g/mol. The second kappa shape index (κ2) is 7.92. The number of benzene rings is 1. The summed E-state index contributed by atoms with van der Waals surface area (Å²) >= 11 is 0. The Bertz CT molecular complexity index is 943. The van der Waals surface area contributed by atoms with Crippen molar-refractivity contribution in [2.45, 2.75) is 38.6 Å². The van der Waals surface area contributed by atoms with Crippen molar-refractivity contribution < 1.29 is 19.1 Å². The molecule has 1 amide bonds. The van der Waals surface area contributed by atoms with E-state index in [1.165, 1.54) is 12.1 Å². The van der Waals surface area contributed by atoms with Gasteiger partial charge in [0.25, 0.3) is 5.91 Å². The largest absolute Gasteiger partial charge is 0.478 e. The van der Waals surface area contributed by atoms with Crippen LogP contribution in [0.2, 0.25) is 0 Å². The van der Waals surface area contributed by atoms with Crippen LogP contribution in [0, 0.1) is 18.3 Å². The number of nitrogens with zero attached hydrogens (tertiary/aromatic N) is 1. The van der Waals surface area contributed by atoms with Crippen molar-refractivity contribution in [2.75, 3.05) is 0 Å². The topological polar surface area (TPSA) is 103 Å². The molecule has 0 aliphatic heterocycles. The average molecular weight is 364 g/mol. The summed E-state index contributed by atoms with van der Waals surface area (Å²) in [7, 11) is 0. The summed E-state index contributed by atoms with van der Waals surface area (Å²) in [5.74, 6) is -0.566. The maximum absolute atomic E-state index is 12.3. The lowest BCUT2D eigenvalue weighted by Crippen LogP contribution is -2.33. The van der Waals surface area contributed by atoms with Crippen LogP contribution in [0.4, 0.5) is 0 Å². The molecule has 0 unspecified atom stereocenters. The molecule has 1 heterocycles. The van der Waals surface area contributed by atoms with Gasteiger partial charge in [-0.1, -0.05) is 18.9 Å². The number of furan rings is 1.